The molecule has 0 fully saturated rings. The van der Waals surface area contributed by atoms with Crippen LogP contribution >= 0.6 is 0 Å². The van der Waals surface area contributed by atoms with Crippen molar-refractivity contribution in [2.24, 2.45) is 29.6 Å². The van der Waals surface area contributed by atoms with E-state index in [1.807, 2.05) is 0 Å². The second kappa shape index (κ2) is 8.14. The fourth-order valence-corrected chi connectivity index (χ4v) is 2.58. The summed E-state index contributed by atoms with van der Waals surface area (Å²) in [5.74, 6) is 4.40. The Labute approximate surface area is 104 Å². The lowest BCUT2D eigenvalue weighted by molar-refractivity contribution is 0.204. The second-order valence-electron chi connectivity index (χ2n) is 6.20. The molecule has 0 heteroatoms. The van der Waals surface area contributed by atoms with Gasteiger partial charge in [0, 0.05) is 0 Å². The molecule has 0 rings (SSSR count). The van der Waals surface area contributed by atoms with Gasteiger partial charge in [-0.25, -0.2) is 0 Å². The maximum Gasteiger partial charge on any atom is -0.0389 e. The highest BCUT2D eigenvalue weighted by molar-refractivity contribution is 4.71. The van der Waals surface area contributed by atoms with Crippen LogP contribution in [0, 0.1) is 29.6 Å². The summed E-state index contributed by atoms with van der Waals surface area (Å²) in [6.07, 6.45) is 5.57. The van der Waals surface area contributed by atoms with Crippen molar-refractivity contribution in [3.8, 4) is 0 Å². The Bertz CT molecular complexity index is 155. The minimum atomic E-state index is 0.825. The van der Waals surface area contributed by atoms with Crippen LogP contribution in [0.1, 0.15) is 74.1 Å². The molecule has 0 radical (unpaired) electrons. The molecule has 3 atom stereocenters. The van der Waals surface area contributed by atoms with Crippen LogP contribution in [0.4, 0.5) is 0 Å². The summed E-state index contributed by atoms with van der Waals surface area (Å²) in [4.78, 5) is 0. The molecule has 3 unspecified atom stereocenters. The van der Waals surface area contributed by atoms with Crippen molar-refractivity contribution in [1.82, 2.24) is 0 Å². The Balaban J connectivity index is 4.00. The van der Waals surface area contributed by atoms with Gasteiger partial charge < -0.3 is 0 Å². The van der Waals surface area contributed by atoms with Gasteiger partial charge in [0.1, 0.15) is 0 Å². The van der Waals surface area contributed by atoms with E-state index in [-0.39, 0.29) is 0 Å². The molecule has 0 bridgehead atoms. The van der Waals surface area contributed by atoms with E-state index in [1.54, 1.807) is 0 Å². The molecule has 0 aromatic rings. The predicted octanol–water partition coefficient (Wildman–Crippen LogP) is 5.77. The Morgan fingerprint density at radius 1 is 0.688 bits per heavy atom. The molecule has 0 amide bonds. The van der Waals surface area contributed by atoms with E-state index in [0.29, 0.717) is 0 Å². The summed E-state index contributed by atoms with van der Waals surface area (Å²) in [6.45, 7) is 16.7. The van der Waals surface area contributed by atoms with E-state index in [2.05, 4.69) is 48.5 Å². The first-order valence-corrected chi connectivity index (χ1v) is 7.43. The van der Waals surface area contributed by atoms with E-state index in [4.69, 9.17) is 0 Å². The van der Waals surface area contributed by atoms with Crippen LogP contribution in [0.15, 0.2) is 0 Å². The lowest BCUT2D eigenvalue weighted by atomic mass is 9.76. The van der Waals surface area contributed by atoms with Gasteiger partial charge in [0.05, 0.1) is 0 Å². The molecule has 16 heavy (non-hydrogen) atoms. The summed E-state index contributed by atoms with van der Waals surface area (Å²) >= 11 is 0. The molecule has 0 saturated carbocycles. The molecule has 0 aliphatic heterocycles. The Hall–Kier alpha value is 0. The molecule has 98 valence electrons. The SMILES string of the molecule is CCC(CC)CCC(C)C(C)C(C)C(C)C. The molecule has 0 aromatic carbocycles. The van der Waals surface area contributed by atoms with Crippen LogP contribution in [0.5, 0.6) is 0 Å². The fourth-order valence-electron chi connectivity index (χ4n) is 2.58. The molecule has 0 heterocycles. The normalized spacial score (nSPS) is 17.8. The maximum absolute atomic E-state index is 2.45. The van der Waals surface area contributed by atoms with Crippen LogP contribution < -0.4 is 0 Å². The fraction of sp³-hybridized carbons (Fsp3) is 1.00. The highest BCUT2D eigenvalue weighted by Gasteiger charge is 2.21. The molecule has 0 aliphatic rings. The summed E-state index contributed by atoms with van der Waals surface area (Å²) < 4.78 is 0. The highest BCUT2D eigenvalue weighted by atomic mass is 14.3. The quantitative estimate of drug-likeness (QED) is 0.493. The van der Waals surface area contributed by atoms with Crippen molar-refractivity contribution in [2.45, 2.75) is 74.1 Å². The molecular formula is C16H34. The van der Waals surface area contributed by atoms with Gasteiger partial charge in [0.15, 0.2) is 0 Å². The first kappa shape index (κ1) is 16.0. The van der Waals surface area contributed by atoms with Crippen LogP contribution in [0.3, 0.4) is 0 Å². The Morgan fingerprint density at radius 3 is 1.56 bits per heavy atom. The van der Waals surface area contributed by atoms with Gasteiger partial charge in [-0.15, -0.1) is 0 Å². The van der Waals surface area contributed by atoms with Crippen molar-refractivity contribution in [3.63, 3.8) is 0 Å². The largest absolute Gasteiger partial charge is 0.0651 e. The zero-order valence-electron chi connectivity index (χ0n) is 12.7. The van der Waals surface area contributed by atoms with Crippen LogP contribution in [-0.4, -0.2) is 0 Å². The first-order valence-electron chi connectivity index (χ1n) is 7.43. The van der Waals surface area contributed by atoms with E-state index in [1.165, 1.54) is 25.7 Å². The summed E-state index contributed by atoms with van der Waals surface area (Å²) in [5.41, 5.74) is 0. The van der Waals surface area contributed by atoms with Crippen molar-refractivity contribution in [3.05, 3.63) is 0 Å². The number of hydrogen-bond donors (Lipinski definition) is 0. The van der Waals surface area contributed by atoms with Gasteiger partial charge >= 0.3 is 0 Å². The standard InChI is InChI=1S/C16H34/c1-8-16(9-2)11-10-13(5)15(7)14(6)12(3)4/h12-16H,8-11H2,1-7H3. The molecule has 0 aliphatic carbocycles. The van der Waals surface area contributed by atoms with E-state index in [0.717, 1.165) is 29.6 Å². The van der Waals surface area contributed by atoms with Gasteiger partial charge in [-0.1, -0.05) is 74.1 Å². The number of rotatable bonds is 8. The highest BCUT2D eigenvalue weighted by Crippen LogP contribution is 2.30. The monoisotopic (exact) mass is 226 g/mol. The zero-order chi connectivity index (χ0) is 12.7. The zero-order valence-corrected chi connectivity index (χ0v) is 12.7. The predicted molar refractivity (Wildman–Crippen MR) is 75.6 cm³/mol. The smallest absolute Gasteiger partial charge is 0.0389 e. The van der Waals surface area contributed by atoms with Crippen molar-refractivity contribution in [1.29, 1.82) is 0 Å². The average Bonchev–Trinajstić information content (AvgIpc) is 2.27. The minimum absolute atomic E-state index is 0.825. The van der Waals surface area contributed by atoms with Crippen LogP contribution in [-0.2, 0) is 0 Å². The Morgan fingerprint density at radius 2 is 1.19 bits per heavy atom. The van der Waals surface area contributed by atoms with Crippen molar-refractivity contribution in [2.75, 3.05) is 0 Å². The van der Waals surface area contributed by atoms with Crippen molar-refractivity contribution < 1.29 is 0 Å². The second-order valence-corrected chi connectivity index (χ2v) is 6.20. The third-order valence-electron chi connectivity index (χ3n) is 4.96. The molecule has 0 aromatic heterocycles. The van der Waals surface area contributed by atoms with Gasteiger partial charge in [0.2, 0.25) is 0 Å². The lowest BCUT2D eigenvalue weighted by Crippen LogP contribution is -2.21. The van der Waals surface area contributed by atoms with Gasteiger partial charge in [-0.2, -0.15) is 0 Å². The topological polar surface area (TPSA) is 0 Å². The first-order chi connectivity index (χ1) is 7.43. The third-order valence-corrected chi connectivity index (χ3v) is 4.96. The van der Waals surface area contributed by atoms with E-state index in [9.17, 15) is 0 Å². The lowest BCUT2D eigenvalue weighted by Gasteiger charge is -2.29. The summed E-state index contributed by atoms with van der Waals surface area (Å²) in [5, 5.41) is 0. The summed E-state index contributed by atoms with van der Waals surface area (Å²) in [7, 11) is 0. The minimum Gasteiger partial charge on any atom is -0.0651 e. The van der Waals surface area contributed by atoms with Crippen LogP contribution in [0.25, 0.3) is 0 Å². The maximum atomic E-state index is 2.45. The Kier molecular flexibility index (Phi) is 8.14. The van der Waals surface area contributed by atoms with Crippen molar-refractivity contribution >= 4 is 0 Å². The van der Waals surface area contributed by atoms with Gasteiger partial charge in [0.25, 0.3) is 0 Å². The van der Waals surface area contributed by atoms with Gasteiger partial charge in [-0.3, -0.25) is 0 Å². The molecule has 0 spiro atoms. The summed E-state index contributed by atoms with van der Waals surface area (Å²) in [6, 6.07) is 0. The number of hydrogen-bond acceptors (Lipinski definition) is 0. The van der Waals surface area contributed by atoms with E-state index >= 15 is 0 Å². The molecule has 0 nitrogen and oxygen atoms in total. The molecular weight excluding hydrogens is 192 g/mol. The average molecular weight is 226 g/mol. The molecule has 0 N–H and O–H groups in total. The van der Waals surface area contributed by atoms with Gasteiger partial charge in [-0.05, 0) is 29.6 Å². The van der Waals surface area contributed by atoms with E-state index < -0.39 is 0 Å². The third kappa shape index (κ3) is 5.37. The molecule has 0 saturated heterocycles. The van der Waals surface area contributed by atoms with Crippen LogP contribution in [0.2, 0.25) is 0 Å².